The molecule has 0 saturated heterocycles. The number of rotatable bonds is 12. The van der Waals surface area contributed by atoms with Crippen molar-refractivity contribution in [2.45, 2.75) is 84.0 Å². The summed E-state index contributed by atoms with van der Waals surface area (Å²) in [6, 6.07) is 0. The quantitative estimate of drug-likeness (QED) is 0.385. The van der Waals surface area contributed by atoms with Gasteiger partial charge in [0, 0.05) is 0 Å². The fraction of sp³-hybridized carbons (Fsp3) is 0.929. The molecule has 0 aromatic carbocycles. The molecular formula is C14H27OSe. The van der Waals surface area contributed by atoms with Crippen molar-refractivity contribution in [3.05, 3.63) is 0 Å². The van der Waals surface area contributed by atoms with Gasteiger partial charge < -0.3 is 0 Å². The van der Waals surface area contributed by atoms with Crippen molar-refractivity contribution in [2.75, 3.05) is 0 Å². The average molecular weight is 290 g/mol. The van der Waals surface area contributed by atoms with E-state index in [1.165, 1.54) is 64.2 Å². The average Bonchev–Trinajstić information content (AvgIpc) is 2.25. The Kier molecular flexibility index (Phi) is 13.4. The van der Waals surface area contributed by atoms with Crippen LogP contribution in [-0.4, -0.2) is 20.7 Å². The van der Waals surface area contributed by atoms with E-state index in [0.29, 0.717) is 0 Å². The molecule has 0 aliphatic heterocycles. The van der Waals surface area contributed by atoms with Crippen LogP contribution in [0.2, 0.25) is 0 Å². The van der Waals surface area contributed by atoms with Crippen molar-refractivity contribution < 1.29 is 4.79 Å². The van der Waals surface area contributed by atoms with E-state index in [2.05, 4.69) is 22.9 Å². The summed E-state index contributed by atoms with van der Waals surface area (Å²) in [6.07, 6.45) is 15.5. The molecule has 0 unspecified atom stereocenters. The molecule has 95 valence electrons. The van der Waals surface area contributed by atoms with Gasteiger partial charge in [-0.3, -0.25) is 0 Å². The van der Waals surface area contributed by atoms with Gasteiger partial charge >= 0.3 is 96.1 Å². The van der Waals surface area contributed by atoms with Crippen LogP contribution in [0, 0.1) is 0 Å². The van der Waals surface area contributed by atoms with Crippen molar-refractivity contribution in [3.8, 4) is 0 Å². The van der Waals surface area contributed by atoms with Crippen LogP contribution in [0.3, 0.4) is 0 Å². The minimum atomic E-state index is 0.218. The summed E-state index contributed by atoms with van der Waals surface area (Å²) in [5.41, 5.74) is 0. The monoisotopic (exact) mass is 291 g/mol. The Morgan fingerprint density at radius 2 is 1.12 bits per heavy atom. The van der Waals surface area contributed by atoms with E-state index in [1.54, 1.807) is 0 Å². The van der Waals surface area contributed by atoms with Gasteiger partial charge in [0.05, 0.1) is 0 Å². The fourth-order valence-corrected chi connectivity index (χ4v) is 2.24. The van der Waals surface area contributed by atoms with E-state index in [0.717, 1.165) is 12.8 Å². The van der Waals surface area contributed by atoms with E-state index in [9.17, 15) is 4.79 Å². The molecular weight excluding hydrogens is 263 g/mol. The molecule has 0 fully saturated rings. The van der Waals surface area contributed by atoms with Crippen LogP contribution >= 0.6 is 0 Å². The molecule has 0 heterocycles. The van der Waals surface area contributed by atoms with E-state index in [1.807, 2.05) is 0 Å². The van der Waals surface area contributed by atoms with Crippen LogP contribution in [0.15, 0.2) is 0 Å². The van der Waals surface area contributed by atoms with Crippen molar-refractivity contribution in [1.82, 2.24) is 0 Å². The van der Waals surface area contributed by atoms with Gasteiger partial charge in [-0.05, 0) is 0 Å². The van der Waals surface area contributed by atoms with E-state index in [-0.39, 0.29) is 4.68 Å². The second kappa shape index (κ2) is 13.3. The molecule has 16 heavy (non-hydrogen) atoms. The number of hydrogen-bond acceptors (Lipinski definition) is 1. The Morgan fingerprint density at radius 3 is 1.50 bits per heavy atom. The molecule has 2 heteroatoms. The van der Waals surface area contributed by atoms with Crippen molar-refractivity contribution in [2.24, 2.45) is 0 Å². The fourth-order valence-electron chi connectivity index (χ4n) is 1.93. The third-order valence-corrected chi connectivity index (χ3v) is 3.41. The summed E-state index contributed by atoms with van der Waals surface area (Å²) < 4.78 is 0.218. The number of carbonyl (C=O) groups excluding carboxylic acids is 1. The van der Waals surface area contributed by atoms with Gasteiger partial charge in [-0.25, -0.2) is 0 Å². The summed E-state index contributed by atoms with van der Waals surface area (Å²) in [5.74, 6) is 0. The molecule has 0 aliphatic rings. The predicted octanol–water partition coefficient (Wildman–Crippen LogP) is 4.38. The third kappa shape index (κ3) is 14.2. The Balaban J connectivity index is 2.90. The molecule has 1 nitrogen and oxygen atoms in total. The first-order valence-electron chi connectivity index (χ1n) is 6.97. The normalized spacial score (nSPS) is 10.6. The molecule has 1 radical (unpaired) electrons. The molecule has 0 atom stereocenters. The number of hydrogen-bond donors (Lipinski definition) is 0. The first kappa shape index (κ1) is 16.2. The van der Waals surface area contributed by atoms with Crippen LogP contribution in [0.1, 0.15) is 84.0 Å². The summed E-state index contributed by atoms with van der Waals surface area (Å²) in [6.45, 7) is 2.26. The van der Waals surface area contributed by atoms with Gasteiger partial charge in [0.15, 0.2) is 0 Å². The van der Waals surface area contributed by atoms with Crippen molar-refractivity contribution in [1.29, 1.82) is 0 Å². The van der Waals surface area contributed by atoms with Crippen molar-refractivity contribution in [3.63, 3.8) is 0 Å². The van der Waals surface area contributed by atoms with Gasteiger partial charge in [-0.15, -0.1) is 0 Å². The van der Waals surface area contributed by atoms with Crippen LogP contribution in [0.25, 0.3) is 0 Å². The van der Waals surface area contributed by atoms with E-state index < -0.39 is 0 Å². The zero-order valence-electron chi connectivity index (χ0n) is 10.8. The zero-order valence-corrected chi connectivity index (χ0v) is 12.5. The third-order valence-electron chi connectivity index (χ3n) is 2.98. The number of unbranched alkanes of at least 4 members (excludes halogenated alkanes) is 10. The van der Waals surface area contributed by atoms with Gasteiger partial charge in [-0.2, -0.15) is 0 Å². The van der Waals surface area contributed by atoms with E-state index in [4.69, 9.17) is 0 Å². The topological polar surface area (TPSA) is 17.1 Å². The SMILES string of the molecule is CCCCCCCCCCCCCC(=O)[Se]. The van der Waals surface area contributed by atoms with Crippen LogP contribution in [-0.2, 0) is 4.79 Å². The standard InChI is InChI=1S/C14H27OSe/c1-2-3-4-5-6-7-8-9-10-11-12-13-14(15)16/h2-13H2,1H3. The summed E-state index contributed by atoms with van der Waals surface area (Å²) >= 11 is 2.54. The summed E-state index contributed by atoms with van der Waals surface area (Å²) in [7, 11) is 0. The summed E-state index contributed by atoms with van der Waals surface area (Å²) in [4.78, 5) is 10.6. The Hall–Kier alpha value is 0.189. The molecule has 0 rings (SSSR count). The van der Waals surface area contributed by atoms with Gasteiger partial charge in [-0.1, -0.05) is 13.3 Å². The second-order valence-electron chi connectivity index (χ2n) is 4.66. The van der Waals surface area contributed by atoms with E-state index >= 15 is 0 Å². The molecule has 0 aromatic rings. The Bertz CT molecular complexity index is 157. The minimum absolute atomic E-state index is 0.218. The Morgan fingerprint density at radius 1 is 0.750 bits per heavy atom. The molecule has 0 N–H and O–H groups in total. The maximum absolute atomic E-state index is 10.6. The number of carbonyl (C=O) groups is 1. The van der Waals surface area contributed by atoms with Gasteiger partial charge in [0.1, 0.15) is 0 Å². The molecule has 0 bridgehead atoms. The molecule has 0 spiro atoms. The van der Waals surface area contributed by atoms with Gasteiger partial charge in [0.2, 0.25) is 0 Å². The Labute approximate surface area is 110 Å². The molecule has 0 aliphatic carbocycles. The molecule has 0 aromatic heterocycles. The van der Waals surface area contributed by atoms with Crippen LogP contribution < -0.4 is 0 Å². The van der Waals surface area contributed by atoms with Crippen molar-refractivity contribution >= 4 is 20.7 Å². The van der Waals surface area contributed by atoms with Crippen LogP contribution in [0.5, 0.6) is 0 Å². The molecule has 0 amide bonds. The van der Waals surface area contributed by atoms with Gasteiger partial charge in [0.25, 0.3) is 0 Å². The van der Waals surface area contributed by atoms with Crippen LogP contribution in [0.4, 0.5) is 0 Å². The zero-order chi connectivity index (χ0) is 12.1. The molecule has 0 saturated carbocycles. The summed E-state index contributed by atoms with van der Waals surface area (Å²) in [5, 5.41) is 0. The predicted molar refractivity (Wildman–Crippen MR) is 71.8 cm³/mol. The first-order valence-corrected chi connectivity index (χ1v) is 7.83. The maximum atomic E-state index is 10.6. The first-order chi connectivity index (χ1) is 7.77. The second-order valence-corrected chi connectivity index (χ2v) is 5.61.